The van der Waals surface area contributed by atoms with Gasteiger partial charge < -0.3 is 14.4 Å². The Balaban J connectivity index is 2.21. The molecule has 2 rings (SSSR count). The lowest BCUT2D eigenvalue weighted by atomic mass is 10.0. The van der Waals surface area contributed by atoms with Crippen LogP contribution in [0.4, 0.5) is 13.2 Å². The van der Waals surface area contributed by atoms with Gasteiger partial charge in [-0.3, -0.25) is 0 Å². The first-order valence-electron chi connectivity index (χ1n) is 8.39. The van der Waals surface area contributed by atoms with Gasteiger partial charge in [-0.2, -0.15) is 13.2 Å². The Morgan fingerprint density at radius 3 is 2.41 bits per heavy atom. The molecule has 2 aromatic carbocycles. The molecular weight excluding hydrogens is 389 g/mol. The number of oxime groups is 2. The second-order valence-corrected chi connectivity index (χ2v) is 5.80. The molecule has 154 valence electrons. The molecule has 0 aliphatic rings. The third-order valence-corrected chi connectivity index (χ3v) is 3.86. The number of carbonyl (C=O) groups is 1. The summed E-state index contributed by atoms with van der Waals surface area (Å²) in [6, 6.07) is 11.5. The van der Waals surface area contributed by atoms with Crippen LogP contribution in [-0.4, -0.2) is 31.6 Å². The summed E-state index contributed by atoms with van der Waals surface area (Å²) in [5.41, 5.74) is 0.722. The predicted octanol–water partition coefficient (Wildman–Crippen LogP) is 4.17. The van der Waals surface area contributed by atoms with Crippen LogP contribution in [0.3, 0.4) is 0 Å². The van der Waals surface area contributed by atoms with E-state index in [1.54, 1.807) is 24.3 Å². The molecular formula is C20H19F3N2O4. The first-order chi connectivity index (χ1) is 13.8. The molecule has 0 amide bonds. The van der Waals surface area contributed by atoms with Gasteiger partial charge in [-0.05, 0) is 24.6 Å². The molecule has 0 fully saturated rings. The van der Waals surface area contributed by atoms with Crippen molar-refractivity contribution in [2.75, 3.05) is 14.2 Å². The minimum absolute atomic E-state index is 0.0484. The first kappa shape index (κ1) is 21.9. The summed E-state index contributed by atoms with van der Waals surface area (Å²) < 4.78 is 43.3. The fourth-order valence-corrected chi connectivity index (χ4v) is 2.43. The summed E-state index contributed by atoms with van der Waals surface area (Å²) in [5, 5.41) is 7.58. The van der Waals surface area contributed by atoms with Gasteiger partial charge in [0.2, 0.25) is 0 Å². The average Bonchev–Trinajstić information content (AvgIpc) is 2.71. The fraction of sp³-hybridized carbons (Fsp3) is 0.250. The normalized spacial score (nSPS) is 12.5. The maximum absolute atomic E-state index is 12.9. The van der Waals surface area contributed by atoms with Gasteiger partial charge in [-0.25, -0.2) is 4.79 Å². The van der Waals surface area contributed by atoms with E-state index in [0.29, 0.717) is 11.1 Å². The number of benzene rings is 2. The summed E-state index contributed by atoms with van der Waals surface area (Å²) in [4.78, 5) is 21.9. The number of hydrogen-bond donors (Lipinski definition) is 0. The molecule has 0 aliphatic carbocycles. The van der Waals surface area contributed by atoms with Crippen molar-refractivity contribution in [3.63, 3.8) is 0 Å². The van der Waals surface area contributed by atoms with Crippen LogP contribution in [-0.2, 0) is 32.0 Å². The summed E-state index contributed by atoms with van der Waals surface area (Å²) in [7, 11) is 2.51. The highest BCUT2D eigenvalue weighted by molar-refractivity contribution is 6.43. The third-order valence-electron chi connectivity index (χ3n) is 3.86. The maximum Gasteiger partial charge on any atom is 0.416 e. The highest BCUT2D eigenvalue weighted by atomic mass is 19.4. The van der Waals surface area contributed by atoms with Crippen LogP contribution < -0.4 is 0 Å². The van der Waals surface area contributed by atoms with Crippen molar-refractivity contribution in [1.82, 2.24) is 0 Å². The largest absolute Gasteiger partial charge is 0.464 e. The summed E-state index contributed by atoms with van der Waals surface area (Å²) in [5.74, 6) is -0.692. The van der Waals surface area contributed by atoms with Gasteiger partial charge in [0.1, 0.15) is 13.7 Å². The van der Waals surface area contributed by atoms with E-state index < -0.39 is 17.7 Å². The average molecular weight is 408 g/mol. The van der Waals surface area contributed by atoms with E-state index >= 15 is 0 Å². The van der Waals surface area contributed by atoms with Gasteiger partial charge in [-0.15, -0.1) is 0 Å². The number of hydrogen-bond acceptors (Lipinski definition) is 6. The number of rotatable bonds is 7. The molecule has 2 aromatic rings. The summed E-state index contributed by atoms with van der Waals surface area (Å²) in [6.45, 7) is 1.49. The quantitative estimate of drug-likeness (QED) is 0.392. The van der Waals surface area contributed by atoms with E-state index in [-0.39, 0.29) is 23.6 Å². The van der Waals surface area contributed by atoms with Crippen LogP contribution in [0.15, 0.2) is 58.8 Å². The van der Waals surface area contributed by atoms with Crippen LogP contribution in [0.25, 0.3) is 0 Å². The minimum atomic E-state index is -4.44. The van der Waals surface area contributed by atoms with E-state index in [1.807, 2.05) is 0 Å². The van der Waals surface area contributed by atoms with Gasteiger partial charge in [-0.1, -0.05) is 46.7 Å². The number of methoxy groups -OCH3 is 1. The lowest BCUT2D eigenvalue weighted by molar-refractivity contribution is -0.137. The van der Waals surface area contributed by atoms with Gasteiger partial charge >= 0.3 is 12.1 Å². The van der Waals surface area contributed by atoms with Gasteiger partial charge in [0.15, 0.2) is 5.71 Å². The number of esters is 1. The number of carbonyl (C=O) groups excluding carboxylic acids is 1. The number of alkyl halides is 3. The molecule has 0 heterocycles. The Kier molecular flexibility index (Phi) is 7.35. The molecule has 0 saturated carbocycles. The molecule has 29 heavy (non-hydrogen) atoms. The Labute approximate surface area is 165 Å². The van der Waals surface area contributed by atoms with Crippen LogP contribution in [0, 0.1) is 0 Å². The highest BCUT2D eigenvalue weighted by Crippen LogP contribution is 2.29. The number of nitrogens with zero attached hydrogens (tertiary/aromatic N) is 2. The summed E-state index contributed by atoms with van der Waals surface area (Å²) in [6.07, 6.45) is -4.44. The zero-order chi connectivity index (χ0) is 21.4. The Bertz CT molecular complexity index is 924. The second kappa shape index (κ2) is 9.72. The summed E-state index contributed by atoms with van der Waals surface area (Å²) >= 11 is 0. The van der Waals surface area contributed by atoms with Gasteiger partial charge in [0.05, 0.1) is 18.4 Å². The lowest BCUT2D eigenvalue weighted by Crippen LogP contribution is -2.19. The molecule has 0 N–H and O–H groups in total. The van der Waals surface area contributed by atoms with Crippen molar-refractivity contribution in [3.8, 4) is 0 Å². The zero-order valence-corrected chi connectivity index (χ0v) is 16.0. The zero-order valence-electron chi connectivity index (χ0n) is 16.0. The topological polar surface area (TPSA) is 69.5 Å². The Morgan fingerprint density at radius 1 is 1.03 bits per heavy atom. The molecule has 0 saturated heterocycles. The van der Waals surface area contributed by atoms with Crippen LogP contribution in [0.5, 0.6) is 0 Å². The molecule has 0 aromatic heterocycles. The predicted molar refractivity (Wildman–Crippen MR) is 100 cm³/mol. The van der Waals surface area contributed by atoms with Crippen molar-refractivity contribution in [3.05, 3.63) is 70.8 Å². The van der Waals surface area contributed by atoms with E-state index in [0.717, 1.165) is 12.1 Å². The van der Waals surface area contributed by atoms with E-state index in [9.17, 15) is 18.0 Å². The van der Waals surface area contributed by atoms with Gasteiger partial charge in [0, 0.05) is 11.1 Å². The fourth-order valence-electron chi connectivity index (χ4n) is 2.43. The van der Waals surface area contributed by atoms with Crippen molar-refractivity contribution >= 4 is 17.4 Å². The van der Waals surface area contributed by atoms with Crippen LogP contribution in [0.1, 0.15) is 29.2 Å². The lowest BCUT2D eigenvalue weighted by Gasteiger charge is -2.10. The van der Waals surface area contributed by atoms with Crippen molar-refractivity contribution in [2.45, 2.75) is 19.7 Å². The van der Waals surface area contributed by atoms with E-state index in [2.05, 4.69) is 10.3 Å². The van der Waals surface area contributed by atoms with Crippen molar-refractivity contribution in [2.24, 2.45) is 10.3 Å². The molecule has 9 heteroatoms. The van der Waals surface area contributed by atoms with Crippen molar-refractivity contribution < 1.29 is 32.4 Å². The molecule has 0 aliphatic heterocycles. The Morgan fingerprint density at radius 2 is 1.76 bits per heavy atom. The third kappa shape index (κ3) is 5.81. The van der Waals surface area contributed by atoms with Crippen LogP contribution in [0.2, 0.25) is 0 Å². The van der Waals surface area contributed by atoms with Gasteiger partial charge in [0.25, 0.3) is 0 Å². The first-order valence-corrected chi connectivity index (χ1v) is 8.39. The smallest absolute Gasteiger partial charge is 0.416 e. The van der Waals surface area contributed by atoms with E-state index in [4.69, 9.17) is 14.4 Å². The Hall–Kier alpha value is -3.36. The SMILES string of the molecule is CO/N=C(\C(=O)OC)c1ccccc1CO/N=C(\C)c1cccc(C(F)(F)F)c1. The standard InChI is InChI=1S/C20H19F3N2O4/c1-13(14-8-6-9-16(11-14)20(21,22)23)24-29-12-15-7-4-5-10-17(15)18(25-28-3)19(26)27-2/h4-11H,12H2,1-3H3/b24-13+,25-18-. The molecule has 0 atom stereocenters. The van der Waals surface area contributed by atoms with Crippen LogP contribution >= 0.6 is 0 Å². The monoisotopic (exact) mass is 408 g/mol. The van der Waals surface area contributed by atoms with E-state index in [1.165, 1.54) is 33.3 Å². The number of ether oxygens (including phenoxy) is 1. The minimum Gasteiger partial charge on any atom is -0.464 e. The number of halogens is 3. The van der Waals surface area contributed by atoms with Crippen molar-refractivity contribution in [1.29, 1.82) is 0 Å². The second-order valence-electron chi connectivity index (χ2n) is 5.80. The molecule has 0 bridgehead atoms. The molecule has 0 unspecified atom stereocenters. The highest BCUT2D eigenvalue weighted by Gasteiger charge is 2.30. The maximum atomic E-state index is 12.9. The molecule has 0 radical (unpaired) electrons. The molecule has 0 spiro atoms. The molecule has 6 nitrogen and oxygen atoms in total.